The number of fused-ring (bicyclic) bond motifs is 3. The highest BCUT2D eigenvalue weighted by atomic mass is 31.2. The molecule has 4 atom stereocenters. The molecule has 17 heteroatoms. The maximum absolute atomic E-state index is 14.6. The van der Waals surface area contributed by atoms with Gasteiger partial charge in [-0.05, 0) is 93.1 Å². The summed E-state index contributed by atoms with van der Waals surface area (Å²) in [6, 6.07) is 15.5. The minimum absolute atomic E-state index is 0.0284. The molecular formula is C40H48N7O9P. The van der Waals surface area contributed by atoms with Gasteiger partial charge in [0.25, 0.3) is 11.4 Å². The molecule has 0 radical (unpaired) electrons. The lowest BCUT2D eigenvalue weighted by atomic mass is 10.0. The van der Waals surface area contributed by atoms with Crippen molar-refractivity contribution in [2.45, 2.75) is 89.1 Å². The number of nitrogens with zero attached hydrogens (tertiary/aromatic N) is 2. The molecule has 16 nitrogen and oxygen atoms in total. The first-order chi connectivity index (χ1) is 27.1. The van der Waals surface area contributed by atoms with E-state index in [1.165, 1.54) is 29.2 Å². The molecule has 0 bridgehead atoms. The van der Waals surface area contributed by atoms with Crippen LogP contribution in [0.1, 0.15) is 78.8 Å². The van der Waals surface area contributed by atoms with E-state index in [0.717, 1.165) is 22.8 Å². The Hall–Kier alpha value is -5.41. The highest BCUT2D eigenvalue weighted by Crippen LogP contribution is 2.39. The van der Waals surface area contributed by atoms with Crippen molar-refractivity contribution in [3.05, 3.63) is 83.6 Å². The van der Waals surface area contributed by atoms with Gasteiger partial charge >= 0.3 is 7.60 Å². The second-order valence-electron chi connectivity index (χ2n) is 15.0. The van der Waals surface area contributed by atoms with Gasteiger partial charge in [-0.1, -0.05) is 42.5 Å². The Balaban J connectivity index is 1.21. The monoisotopic (exact) mass is 801 g/mol. The molecule has 4 aromatic rings. The third kappa shape index (κ3) is 9.59. The van der Waals surface area contributed by atoms with Crippen LogP contribution in [0.4, 0.5) is 0 Å². The molecule has 2 aliphatic rings. The number of carbonyl (C=O) groups is 6. The number of H-pyrrole nitrogens is 1. The highest BCUT2D eigenvalue weighted by Gasteiger charge is 2.45. The van der Waals surface area contributed by atoms with Gasteiger partial charge in [0.2, 0.25) is 23.6 Å². The van der Waals surface area contributed by atoms with Gasteiger partial charge in [0.05, 0.1) is 0 Å². The Morgan fingerprint density at radius 1 is 0.965 bits per heavy atom. The van der Waals surface area contributed by atoms with E-state index < -0.39 is 60.8 Å². The van der Waals surface area contributed by atoms with Gasteiger partial charge < -0.3 is 41.4 Å². The molecule has 2 aliphatic heterocycles. The Morgan fingerprint density at radius 2 is 1.72 bits per heavy atom. The number of hydrogen-bond donors (Lipinski definition) is 7. The van der Waals surface area contributed by atoms with Crippen LogP contribution in [-0.4, -0.2) is 103 Å². The maximum atomic E-state index is 14.6. The Labute approximate surface area is 329 Å². The van der Waals surface area contributed by atoms with E-state index in [9.17, 15) is 43.1 Å². The van der Waals surface area contributed by atoms with Crippen LogP contribution in [-0.2, 0) is 30.3 Å². The summed E-state index contributed by atoms with van der Waals surface area (Å²) in [5.41, 5.74) is 5.22. The topological polar surface area (TPSA) is 244 Å². The third-order valence-corrected chi connectivity index (χ3v) is 11.6. The number of nitrogens with one attached hydrogen (secondary N) is 4. The lowest BCUT2D eigenvalue weighted by molar-refractivity contribution is -0.143. The number of rotatable bonds is 13. The molecule has 0 unspecified atom stereocenters. The third-order valence-electron chi connectivity index (χ3n) is 10.8. The molecule has 57 heavy (non-hydrogen) atoms. The first kappa shape index (κ1) is 41.2. The lowest BCUT2D eigenvalue weighted by Gasteiger charge is -2.34. The Bertz CT molecular complexity index is 2250. The van der Waals surface area contributed by atoms with E-state index in [0.29, 0.717) is 36.7 Å². The van der Waals surface area contributed by atoms with Crippen LogP contribution in [0.5, 0.6) is 0 Å². The number of aromatic amines is 1. The van der Waals surface area contributed by atoms with Gasteiger partial charge in [-0.15, -0.1) is 0 Å². The second kappa shape index (κ2) is 17.4. The second-order valence-corrected chi connectivity index (χ2v) is 16.5. The zero-order valence-corrected chi connectivity index (χ0v) is 32.7. The van der Waals surface area contributed by atoms with Gasteiger partial charge in [-0.25, -0.2) is 0 Å². The van der Waals surface area contributed by atoms with Gasteiger partial charge in [0, 0.05) is 48.1 Å². The fourth-order valence-electron chi connectivity index (χ4n) is 7.82. The Morgan fingerprint density at radius 3 is 2.46 bits per heavy atom. The molecule has 3 aromatic carbocycles. The summed E-state index contributed by atoms with van der Waals surface area (Å²) >= 11 is 0. The molecule has 0 spiro atoms. The van der Waals surface area contributed by atoms with Crippen molar-refractivity contribution < 1.29 is 43.1 Å². The summed E-state index contributed by atoms with van der Waals surface area (Å²) in [7, 11) is -5.03. The number of primary amides is 1. The summed E-state index contributed by atoms with van der Waals surface area (Å²) < 4.78 is 11.5. The average Bonchev–Trinajstić information content (AvgIpc) is 3.81. The van der Waals surface area contributed by atoms with Crippen LogP contribution in [0, 0.1) is 0 Å². The molecule has 0 aliphatic carbocycles. The molecule has 2 fully saturated rings. The Kier molecular flexibility index (Phi) is 12.6. The molecule has 2 saturated heterocycles. The summed E-state index contributed by atoms with van der Waals surface area (Å²) in [6.45, 7) is 4.96. The van der Waals surface area contributed by atoms with Crippen molar-refractivity contribution in [2.75, 3.05) is 13.1 Å². The highest BCUT2D eigenvalue weighted by molar-refractivity contribution is 7.70. The van der Waals surface area contributed by atoms with E-state index in [2.05, 4.69) is 25.8 Å². The summed E-state index contributed by atoms with van der Waals surface area (Å²) in [5.74, 6) is -2.79. The van der Waals surface area contributed by atoms with Crippen LogP contribution >= 0.6 is 7.60 Å². The number of aromatic nitrogens is 1. The van der Waals surface area contributed by atoms with Gasteiger partial charge in [0.15, 0.2) is 0 Å². The number of hydrogen-bond acceptors (Lipinski definition) is 8. The van der Waals surface area contributed by atoms with Crippen LogP contribution in [0.3, 0.4) is 0 Å². The molecule has 302 valence electrons. The SMILES string of the molecule is CC(C)N1CCC[C@H]2CC[C@@H](C(=O)N[C@@H](CCC(N)=O)C(=O)NCc3cccc4ccccc34)N2C(=O)[C@@H](NC(=O)c2cc3cc(C(=O)P(=O)(O)O)ccc3[nH]2)C1. The maximum Gasteiger partial charge on any atom is 0.396 e. The fraction of sp³-hybridized carbons (Fsp3) is 0.400. The smallest absolute Gasteiger partial charge is 0.370 e. The van der Waals surface area contributed by atoms with Crippen LogP contribution in [0.2, 0.25) is 0 Å². The van der Waals surface area contributed by atoms with E-state index in [1.807, 2.05) is 56.3 Å². The quantitative estimate of drug-likeness (QED) is 0.0975. The molecular weight excluding hydrogens is 753 g/mol. The van der Waals surface area contributed by atoms with Crippen LogP contribution in [0.25, 0.3) is 21.7 Å². The van der Waals surface area contributed by atoms with E-state index in [-0.39, 0.29) is 49.3 Å². The number of nitrogens with two attached hydrogens (primary N) is 1. The first-order valence-corrected chi connectivity index (χ1v) is 20.6. The van der Waals surface area contributed by atoms with E-state index >= 15 is 0 Å². The van der Waals surface area contributed by atoms with Gasteiger partial charge in [-0.2, -0.15) is 0 Å². The largest absolute Gasteiger partial charge is 0.396 e. The predicted molar refractivity (Wildman–Crippen MR) is 212 cm³/mol. The van der Waals surface area contributed by atoms with Crippen LogP contribution < -0.4 is 21.7 Å². The van der Waals surface area contributed by atoms with Gasteiger partial charge in [-0.3, -0.25) is 38.2 Å². The summed E-state index contributed by atoms with van der Waals surface area (Å²) in [4.78, 5) is 105. The summed E-state index contributed by atoms with van der Waals surface area (Å²) in [5, 5.41) is 10.9. The predicted octanol–water partition coefficient (Wildman–Crippen LogP) is 2.67. The van der Waals surface area contributed by atoms with Crippen molar-refractivity contribution in [1.29, 1.82) is 0 Å². The molecule has 5 amide bonds. The minimum atomic E-state index is -5.03. The first-order valence-electron chi connectivity index (χ1n) is 19.0. The molecule has 6 rings (SSSR count). The normalized spacial score (nSPS) is 19.7. The molecule has 1 aromatic heterocycles. The van der Waals surface area contributed by atoms with Crippen molar-refractivity contribution in [2.24, 2.45) is 5.73 Å². The average molecular weight is 802 g/mol. The molecule has 0 saturated carbocycles. The summed E-state index contributed by atoms with van der Waals surface area (Å²) in [6.07, 6.45) is 2.01. The van der Waals surface area contributed by atoms with E-state index in [4.69, 9.17) is 5.73 Å². The van der Waals surface area contributed by atoms with E-state index in [1.54, 1.807) is 0 Å². The molecule has 3 heterocycles. The lowest BCUT2D eigenvalue weighted by Crippen LogP contribution is -2.59. The van der Waals surface area contributed by atoms with Crippen molar-refractivity contribution in [1.82, 2.24) is 30.7 Å². The van der Waals surface area contributed by atoms with Crippen molar-refractivity contribution >= 4 is 64.3 Å². The number of benzene rings is 3. The zero-order valence-electron chi connectivity index (χ0n) is 31.8. The standard InChI is InChI=1S/C40H48N7O9P/c1-23(2)46-18-6-10-28-13-16-34(38(51)44-31(15-17-35(41)48)36(49)42-21-26-9-5-8-24-7-3-4-11-29(24)26)47(28)39(52)33(22-46)45-37(50)32-20-27-19-25(12-14-30(27)43-32)40(53)57(54,55)56/h3-5,7-9,11-12,14,19-20,23,28,31,33-34,43H,6,10,13,15-18,21-22H2,1-2H3,(H2,41,48)(H,42,49)(H,44,51)(H,45,50)(H2,54,55,56)/t28-,31-,33-,34-/m0/s1. The number of amides is 5. The molecule has 8 N–H and O–H groups in total. The van der Waals surface area contributed by atoms with Crippen molar-refractivity contribution in [3.63, 3.8) is 0 Å². The van der Waals surface area contributed by atoms with Gasteiger partial charge in [0.1, 0.15) is 23.8 Å². The van der Waals surface area contributed by atoms with Crippen molar-refractivity contribution in [3.8, 4) is 0 Å². The fourth-order valence-corrected chi connectivity index (χ4v) is 8.29. The van der Waals surface area contributed by atoms with Crippen LogP contribution in [0.15, 0.2) is 66.7 Å². The number of carbonyl (C=O) groups excluding carboxylic acids is 6. The minimum Gasteiger partial charge on any atom is -0.370 e. The zero-order chi connectivity index (χ0) is 41.0.